The maximum Gasteiger partial charge on any atom is 0.183 e. The van der Waals surface area contributed by atoms with Crippen LogP contribution >= 0.6 is 0 Å². The van der Waals surface area contributed by atoms with Crippen LogP contribution in [-0.4, -0.2) is 101 Å². The van der Waals surface area contributed by atoms with Gasteiger partial charge in [-0.2, -0.15) is 0 Å². The summed E-state index contributed by atoms with van der Waals surface area (Å²) in [5, 5.41) is 0. The zero-order valence-electron chi connectivity index (χ0n) is 25.9. The van der Waals surface area contributed by atoms with Crippen LogP contribution in [0.25, 0.3) is 0 Å². The normalized spacial score (nSPS) is 11.8. The van der Waals surface area contributed by atoms with Crippen molar-refractivity contribution in [2.24, 2.45) is 0 Å². The number of ether oxygens (including phenoxy) is 7. The Labute approximate surface area is 245 Å². The molecule has 0 spiro atoms. The molecular formula is C31H58O8Si. The second-order valence-electron chi connectivity index (χ2n) is 10.6. The molecule has 40 heavy (non-hydrogen) atoms. The lowest BCUT2D eigenvalue weighted by atomic mass is 10.0. The fourth-order valence-electron chi connectivity index (χ4n) is 3.69. The first-order valence-corrected chi connectivity index (χ1v) is 18.7. The van der Waals surface area contributed by atoms with Gasteiger partial charge in [0.25, 0.3) is 0 Å². The molecule has 0 heterocycles. The highest BCUT2D eigenvalue weighted by molar-refractivity contribution is 6.69. The third-order valence-corrected chi connectivity index (χ3v) is 6.93. The number of benzene rings is 1. The van der Waals surface area contributed by atoms with Crippen LogP contribution in [0.3, 0.4) is 0 Å². The summed E-state index contributed by atoms with van der Waals surface area (Å²) in [6, 6.07) is 8.45. The number of hydrogen-bond donors (Lipinski definition) is 0. The van der Waals surface area contributed by atoms with Gasteiger partial charge in [0.1, 0.15) is 12.4 Å². The fraction of sp³-hybridized carbons (Fsp3) is 0.806. The molecule has 1 aromatic carbocycles. The minimum Gasteiger partial charge on any atom is -0.491 e. The highest BCUT2D eigenvalue weighted by Crippen LogP contribution is 2.15. The molecule has 0 amide bonds. The number of unbranched alkanes of at least 4 members (excludes halogenated alkanes) is 5. The average molecular weight is 587 g/mol. The molecule has 0 N–H and O–H groups in total. The van der Waals surface area contributed by atoms with Crippen molar-refractivity contribution in [1.82, 2.24) is 0 Å². The van der Waals surface area contributed by atoms with Crippen LogP contribution in [0.4, 0.5) is 0 Å². The molecule has 0 aliphatic heterocycles. The van der Waals surface area contributed by atoms with Gasteiger partial charge in [-0.25, -0.2) is 0 Å². The van der Waals surface area contributed by atoms with Gasteiger partial charge in [0.2, 0.25) is 0 Å². The molecule has 0 unspecified atom stereocenters. The van der Waals surface area contributed by atoms with Gasteiger partial charge in [-0.15, -0.1) is 0 Å². The Hall–Kier alpha value is -1.04. The van der Waals surface area contributed by atoms with Gasteiger partial charge in [0.15, 0.2) is 8.32 Å². The van der Waals surface area contributed by atoms with E-state index in [1.54, 1.807) is 0 Å². The summed E-state index contributed by atoms with van der Waals surface area (Å²) < 4.78 is 44.5. The van der Waals surface area contributed by atoms with Crippen LogP contribution in [0.5, 0.6) is 5.75 Å². The second-order valence-corrected chi connectivity index (χ2v) is 15.2. The van der Waals surface area contributed by atoms with E-state index in [1.807, 2.05) is 0 Å². The van der Waals surface area contributed by atoms with Gasteiger partial charge in [-0.1, -0.05) is 51.2 Å². The van der Waals surface area contributed by atoms with Crippen molar-refractivity contribution in [2.45, 2.75) is 71.5 Å². The van der Waals surface area contributed by atoms with E-state index in [0.29, 0.717) is 92.5 Å². The summed E-state index contributed by atoms with van der Waals surface area (Å²) in [6.45, 7) is 16.6. The second kappa shape index (κ2) is 26.8. The first kappa shape index (κ1) is 37.0. The van der Waals surface area contributed by atoms with Crippen molar-refractivity contribution in [3.05, 3.63) is 29.8 Å². The standard InChI is InChI=1S/C31H58O8Si/c1-5-6-7-8-9-10-11-30-12-14-31(15-13-30)38-28-26-36-24-22-34-20-18-32-16-17-33-19-21-35-23-25-37-27-29-39-40(2,3)4/h12-15H,5-11,16-29H2,1-4H3. The Balaban J connectivity index is 1.76. The summed E-state index contributed by atoms with van der Waals surface area (Å²) in [4.78, 5) is 0. The topological polar surface area (TPSA) is 73.8 Å². The maximum atomic E-state index is 5.76. The lowest BCUT2D eigenvalue weighted by molar-refractivity contribution is -0.0188. The van der Waals surface area contributed by atoms with E-state index in [4.69, 9.17) is 37.6 Å². The van der Waals surface area contributed by atoms with Crippen molar-refractivity contribution >= 4 is 8.32 Å². The zero-order chi connectivity index (χ0) is 29.0. The number of aryl methyl sites for hydroxylation is 1. The van der Waals surface area contributed by atoms with Crippen LogP contribution < -0.4 is 4.74 Å². The molecule has 0 atom stereocenters. The van der Waals surface area contributed by atoms with Gasteiger partial charge < -0.3 is 37.6 Å². The number of hydrogen-bond acceptors (Lipinski definition) is 8. The van der Waals surface area contributed by atoms with Crippen LogP contribution in [0.15, 0.2) is 24.3 Å². The summed E-state index contributed by atoms with van der Waals surface area (Å²) in [6.07, 6.45) is 9.13. The molecule has 1 aromatic rings. The third-order valence-electron chi connectivity index (χ3n) is 5.86. The predicted molar refractivity (Wildman–Crippen MR) is 163 cm³/mol. The molecule has 0 saturated heterocycles. The largest absolute Gasteiger partial charge is 0.491 e. The lowest BCUT2D eigenvalue weighted by Crippen LogP contribution is -2.27. The fourth-order valence-corrected chi connectivity index (χ4v) is 4.38. The van der Waals surface area contributed by atoms with Crippen LogP contribution in [0.1, 0.15) is 51.0 Å². The zero-order valence-corrected chi connectivity index (χ0v) is 26.9. The van der Waals surface area contributed by atoms with Gasteiger partial charge in [0, 0.05) is 0 Å². The summed E-state index contributed by atoms with van der Waals surface area (Å²) in [7, 11) is -1.44. The Morgan fingerprint density at radius 2 is 0.875 bits per heavy atom. The molecule has 234 valence electrons. The lowest BCUT2D eigenvalue weighted by Gasteiger charge is -2.16. The minimum absolute atomic E-state index is 0.535. The van der Waals surface area contributed by atoms with Gasteiger partial charge >= 0.3 is 0 Å². The first-order valence-electron chi connectivity index (χ1n) is 15.3. The molecule has 9 heteroatoms. The molecule has 0 aliphatic rings. The van der Waals surface area contributed by atoms with Gasteiger partial charge in [0.05, 0.1) is 85.9 Å². The van der Waals surface area contributed by atoms with E-state index >= 15 is 0 Å². The van der Waals surface area contributed by atoms with E-state index < -0.39 is 8.32 Å². The van der Waals surface area contributed by atoms with Crippen LogP contribution in [-0.2, 0) is 39.3 Å². The Morgan fingerprint density at radius 3 is 1.32 bits per heavy atom. The molecular weight excluding hydrogens is 528 g/mol. The van der Waals surface area contributed by atoms with Crippen molar-refractivity contribution < 1.29 is 37.6 Å². The molecule has 0 fully saturated rings. The minimum atomic E-state index is -1.44. The first-order chi connectivity index (χ1) is 19.5. The van der Waals surface area contributed by atoms with E-state index in [1.165, 1.54) is 44.1 Å². The van der Waals surface area contributed by atoms with Crippen LogP contribution in [0.2, 0.25) is 19.6 Å². The molecule has 8 nitrogen and oxygen atoms in total. The highest BCUT2D eigenvalue weighted by Gasteiger charge is 2.13. The van der Waals surface area contributed by atoms with Crippen molar-refractivity contribution in [1.29, 1.82) is 0 Å². The summed E-state index contributed by atoms with van der Waals surface area (Å²) in [5.41, 5.74) is 1.38. The SMILES string of the molecule is CCCCCCCCc1ccc(OCCOCCOCCOCCOCCOCCOCCO[Si](C)(C)C)cc1. The third kappa shape index (κ3) is 25.9. The molecule has 0 aliphatic carbocycles. The Kier molecular flexibility index (Phi) is 24.8. The molecule has 0 radical (unpaired) electrons. The Morgan fingerprint density at radius 1 is 0.475 bits per heavy atom. The summed E-state index contributed by atoms with van der Waals surface area (Å²) in [5.74, 6) is 0.893. The van der Waals surface area contributed by atoms with E-state index in [-0.39, 0.29) is 0 Å². The maximum absolute atomic E-state index is 5.76. The van der Waals surface area contributed by atoms with Crippen molar-refractivity contribution in [3.8, 4) is 5.75 Å². The van der Waals surface area contributed by atoms with E-state index in [0.717, 1.165) is 12.2 Å². The Bertz CT molecular complexity index is 654. The quantitative estimate of drug-likeness (QED) is 0.0813. The predicted octanol–water partition coefficient (Wildman–Crippen LogP) is 5.92. The summed E-state index contributed by atoms with van der Waals surface area (Å²) >= 11 is 0. The van der Waals surface area contributed by atoms with Crippen molar-refractivity contribution in [2.75, 3.05) is 92.5 Å². The molecule has 0 saturated carbocycles. The van der Waals surface area contributed by atoms with Gasteiger partial charge in [-0.3, -0.25) is 0 Å². The van der Waals surface area contributed by atoms with E-state index in [2.05, 4.69) is 50.8 Å². The molecule has 0 aromatic heterocycles. The smallest absolute Gasteiger partial charge is 0.183 e. The highest BCUT2D eigenvalue weighted by atomic mass is 28.4. The van der Waals surface area contributed by atoms with E-state index in [9.17, 15) is 0 Å². The van der Waals surface area contributed by atoms with Crippen molar-refractivity contribution in [3.63, 3.8) is 0 Å². The number of rotatable bonds is 30. The molecule has 0 bridgehead atoms. The monoisotopic (exact) mass is 586 g/mol. The van der Waals surface area contributed by atoms with Crippen LogP contribution in [0, 0.1) is 0 Å². The van der Waals surface area contributed by atoms with Gasteiger partial charge in [-0.05, 0) is 50.2 Å². The molecule has 1 rings (SSSR count). The average Bonchev–Trinajstić information content (AvgIpc) is 2.93.